The van der Waals surface area contributed by atoms with E-state index >= 15 is 0 Å². The molecule has 0 unspecified atom stereocenters. The van der Waals surface area contributed by atoms with Gasteiger partial charge < -0.3 is 9.47 Å². The van der Waals surface area contributed by atoms with E-state index in [0.29, 0.717) is 36.7 Å². The van der Waals surface area contributed by atoms with E-state index in [9.17, 15) is 9.59 Å². The van der Waals surface area contributed by atoms with Crippen molar-refractivity contribution in [3.8, 4) is 11.4 Å². The van der Waals surface area contributed by atoms with Gasteiger partial charge in [-0.15, -0.1) is 5.10 Å². The molecule has 37 heavy (non-hydrogen) atoms. The van der Waals surface area contributed by atoms with Gasteiger partial charge in [-0.25, -0.2) is 0 Å². The Morgan fingerprint density at radius 3 is 2.32 bits per heavy atom. The van der Waals surface area contributed by atoms with Crippen LogP contribution in [0.5, 0.6) is 0 Å². The normalized spacial score (nSPS) is 13.1. The second-order valence-electron chi connectivity index (χ2n) is 9.46. The molecule has 3 heterocycles. The largest absolute Gasteiger partial charge is 0.336 e. The number of nitrogens with zero attached hydrogens (tertiary/aromatic N) is 5. The van der Waals surface area contributed by atoms with Crippen molar-refractivity contribution in [3.05, 3.63) is 123 Å². The van der Waals surface area contributed by atoms with Crippen LogP contribution in [0.25, 0.3) is 17.2 Å². The van der Waals surface area contributed by atoms with Gasteiger partial charge >= 0.3 is 0 Å². The molecule has 1 amide bonds. The Morgan fingerprint density at radius 2 is 1.57 bits per heavy atom. The topological polar surface area (TPSA) is 72.5 Å². The van der Waals surface area contributed by atoms with Gasteiger partial charge in [0.05, 0.1) is 0 Å². The van der Waals surface area contributed by atoms with Gasteiger partial charge in [-0.3, -0.25) is 9.59 Å². The van der Waals surface area contributed by atoms with Crippen LogP contribution in [0.15, 0.2) is 89.7 Å². The third-order valence-electron chi connectivity index (χ3n) is 7.16. The second kappa shape index (κ2) is 9.50. The average molecular weight is 490 g/mol. The molecular weight excluding hydrogens is 462 g/mol. The van der Waals surface area contributed by atoms with Crippen molar-refractivity contribution < 1.29 is 4.79 Å². The van der Waals surface area contributed by atoms with Gasteiger partial charge in [-0.2, -0.15) is 9.50 Å². The molecule has 0 radical (unpaired) electrons. The van der Waals surface area contributed by atoms with Crippen LogP contribution in [0, 0.1) is 6.92 Å². The highest BCUT2D eigenvalue weighted by Crippen LogP contribution is 2.21. The number of benzene rings is 3. The first kappa shape index (κ1) is 22.9. The van der Waals surface area contributed by atoms with Crippen LogP contribution in [0.4, 0.5) is 0 Å². The summed E-state index contributed by atoms with van der Waals surface area (Å²) in [5.41, 5.74) is 5.46. The fraction of sp³-hybridized carbons (Fsp3) is 0.200. The van der Waals surface area contributed by atoms with E-state index in [1.807, 2.05) is 89.2 Å². The number of amides is 1. The number of carbonyl (C=O) groups excluding carboxylic acids is 1. The Bertz CT molecular complexity index is 1650. The molecule has 2 aromatic heterocycles. The van der Waals surface area contributed by atoms with Crippen molar-refractivity contribution in [2.45, 2.75) is 32.9 Å². The van der Waals surface area contributed by atoms with Crippen molar-refractivity contribution >= 4 is 11.7 Å². The zero-order valence-corrected chi connectivity index (χ0v) is 20.7. The van der Waals surface area contributed by atoms with E-state index in [0.717, 1.165) is 23.2 Å². The van der Waals surface area contributed by atoms with E-state index < -0.39 is 0 Å². The number of aromatic nitrogens is 4. The molecule has 0 saturated carbocycles. The van der Waals surface area contributed by atoms with Crippen molar-refractivity contribution in [3.63, 3.8) is 0 Å². The SMILES string of the molecule is Cc1c(Cc2ccccc2)c(=O)n2nc(-c3ccccc3)nc2n1CC(=O)N1CCc2ccccc2C1. The van der Waals surface area contributed by atoms with Crippen LogP contribution >= 0.6 is 0 Å². The highest BCUT2D eigenvalue weighted by atomic mass is 16.2. The van der Waals surface area contributed by atoms with E-state index in [2.05, 4.69) is 17.2 Å². The smallest absolute Gasteiger partial charge is 0.279 e. The van der Waals surface area contributed by atoms with Crippen LogP contribution in [-0.2, 0) is 30.7 Å². The molecule has 1 aliphatic rings. The quantitative estimate of drug-likeness (QED) is 0.374. The number of carbonyl (C=O) groups is 1. The molecule has 0 spiro atoms. The Labute approximate surface area is 214 Å². The van der Waals surface area contributed by atoms with Gasteiger partial charge in [0, 0.05) is 36.3 Å². The summed E-state index contributed by atoms with van der Waals surface area (Å²) in [7, 11) is 0. The minimum Gasteiger partial charge on any atom is -0.336 e. The lowest BCUT2D eigenvalue weighted by molar-refractivity contribution is -0.132. The van der Waals surface area contributed by atoms with E-state index in [1.165, 1.54) is 15.6 Å². The summed E-state index contributed by atoms with van der Waals surface area (Å²) in [6.45, 7) is 3.25. The standard InChI is InChI=1S/C30H27N5O2/c1-21-26(18-22-10-4-2-5-11-22)29(37)35-30(31-28(32-35)24-13-6-3-7-14-24)34(21)20-27(36)33-17-16-23-12-8-9-15-25(23)19-33/h2-15H,16-20H2,1H3. The van der Waals surface area contributed by atoms with E-state index in [-0.39, 0.29) is 18.0 Å². The van der Waals surface area contributed by atoms with Crippen molar-refractivity contribution in [1.29, 1.82) is 0 Å². The maximum absolute atomic E-state index is 13.6. The lowest BCUT2D eigenvalue weighted by Gasteiger charge is -2.29. The van der Waals surface area contributed by atoms with Gasteiger partial charge in [-0.05, 0) is 30.0 Å². The zero-order chi connectivity index (χ0) is 25.4. The minimum atomic E-state index is -0.207. The van der Waals surface area contributed by atoms with Crippen LogP contribution < -0.4 is 5.56 Å². The van der Waals surface area contributed by atoms with Crippen molar-refractivity contribution in [1.82, 2.24) is 24.1 Å². The summed E-state index contributed by atoms with van der Waals surface area (Å²) in [4.78, 5) is 33.8. The van der Waals surface area contributed by atoms with Crippen molar-refractivity contribution in [2.24, 2.45) is 0 Å². The Hall–Kier alpha value is -4.52. The number of hydrogen-bond donors (Lipinski definition) is 0. The Kier molecular flexibility index (Phi) is 5.88. The number of hydrogen-bond acceptors (Lipinski definition) is 4. The predicted molar refractivity (Wildman–Crippen MR) is 142 cm³/mol. The lowest BCUT2D eigenvalue weighted by atomic mass is 10.00. The average Bonchev–Trinajstić information content (AvgIpc) is 3.40. The van der Waals surface area contributed by atoms with E-state index in [4.69, 9.17) is 4.98 Å². The molecule has 6 rings (SSSR count). The molecule has 3 aromatic carbocycles. The summed E-state index contributed by atoms with van der Waals surface area (Å²) in [6, 6.07) is 27.7. The van der Waals surface area contributed by atoms with E-state index in [1.54, 1.807) is 0 Å². The highest BCUT2D eigenvalue weighted by Gasteiger charge is 2.24. The zero-order valence-electron chi connectivity index (χ0n) is 20.7. The fourth-order valence-electron chi connectivity index (χ4n) is 5.06. The summed E-state index contributed by atoms with van der Waals surface area (Å²) in [6.07, 6.45) is 1.29. The molecule has 0 saturated heterocycles. The van der Waals surface area contributed by atoms with Gasteiger partial charge in [0.2, 0.25) is 11.7 Å². The molecule has 0 atom stereocenters. The van der Waals surface area contributed by atoms with Crippen LogP contribution in [0.1, 0.15) is 27.9 Å². The Balaban J connectivity index is 1.43. The third kappa shape index (κ3) is 4.33. The number of rotatable bonds is 5. The lowest BCUT2D eigenvalue weighted by Crippen LogP contribution is -2.39. The number of fused-ring (bicyclic) bond motifs is 2. The molecule has 0 N–H and O–H groups in total. The van der Waals surface area contributed by atoms with Crippen LogP contribution in [0.3, 0.4) is 0 Å². The minimum absolute atomic E-state index is 0.00178. The fourth-order valence-corrected chi connectivity index (χ4v) is 5.06. The summed E-state index contributed by atoms with van der Waals surface area (Å²) in [5.74, 6) is 0.837. The highest BCUT2D eigenvalue weighted by molar-refractivity contribution is 5.77. The van der Waals surface area contributed by atoms with Crippen molar-refractivity contribution in [2.75, 3.05) is 6.54 Å². The maximum atomic E-state index is 13.6. The van der Waals surface area contributed by atoms with Crippen LogP contribution in [0.2, 0.25) is 0 Å². The first-order valence-corrected chi connectivity index (χ1v) is 12.5. The molecular formula is C30H27N5O2. The molecule has 184 valence electrons. The summed E-state index contributed by atoms with van der Waals surface area (Å²) in [5, 5.41) is 4.58. The molecule has 0 aliphatic carbocycles. The summed E-state index contributed by atoms with van der Waals surface area (Å²) < 4.78 is 3.20. The molecule has 5 aromatic rings. The third-order valence-corrected chi connectivity index (χ3v) is 7.16. The van der Waals surface area contributed by atoms with Gasteiger partial charge in [0.1, 0.15) is 6.54 Å². The monoisotopic (exact) mass is 489 g/mol. The summed E-state index contributed by atoms with van der Waals surface area (Å²) >= 11 is 0. The second-order valence-corrected chi connectivity index (χ2v) is 9.46. The molecule has 0 bridgehead atoms. The predicted octanol–water partition coefficient (Wildman–Crippen LogP) is 4.04. The molecule has 0 fully saturated rings. The van der Waals surface area contributed by atoms with Crippen LogP contribution in [-0.4, -0.2) is 36.5 Å². The maximum Gasteiger partial charge on any atom is 0.279 e. The first-order valence-electron chi connectivity index (χ1n) is 12.5. The van der Waals surface area contributed by atoms with Gasteiger partial charge in [0.15, 0.2) is 5.82 Å². The molecule has 7 heteroatoms. The molecule has 7 nitrogen and oxygen atoms in total. The Morgan fingerprint density at radius 1 is 0.892 bits per heavy atom. The van der Waals surface area contributed by atoms with Gasteiger partial charge in [-0.1, -0.05) is 84.9 Å². The molecule has 1 aliphatic heterocycles. The van der Waals surface area contributed by atoms with Gasteiger partial charge in [0.25, 0.3) is 5.56 Å². The first-order chi connectivity index (χ1) is 18.1.